The smallest absolute Gasteiger partial charge is 0.243 e. The van der Waals surface area contributed by atoms with Crippen LogP contribution in [0.15, 0.2) is 45.8 Å². The maximum atomic E-state index is 12.7. The van der Waals surface area contributed by atoms with Crippen LogP contribution in [0.5, 0.6) is 11.5 Å². The van der Waals surface area contributed by atoms with E-state index < -0.39 is 10.0 Å². The maximum Gasteiger partial charge on any atom is 0.243 e. The van der Waals surface area contributed by atoms with Crippen molar-refractivity contribution in [3.63, 3.8) is 0 Å². The second-order valence-electron chi connectivity index (χ2n) is 5.66. The summed E-state index contributed by atoms with van der Waals surface area (Å²) in [6.07, 6.45) is 0. The third-order valence-corrected chi connectivity index (χ3v) is 6.39. The zero-order chi connectivity index (χ0) is 17.3. The highest BCUT2D eigenvalue weighted by molar-refractivity contribution is 9.10. The number of rotatable bonds is 4. The van der Waals surface area contributed by atoms with Gasteiger partial charge in [-0.3, -0.25) is 0 Å². The van der Waals surface area contributed by atoms with Gasteiger partial charge in [0.05, 0.1) is 4.90 Å². The van der Waals surface area contributed by atoms with Crippen molar-refractivity contribution in [2.45, 2.75) is 18.4 Å². The minimum Gasteiger partial charge on any atom is -0.486 e. The topological polar surface area (TPSA) is 55.8 Å². The van der Waals surface area contributed by atoms with E-state index in [2.05, 4.69) is 15.9 Å². The summed E-state index contributed by atoms with van der Waals surface area (Å²) in [5.74, 6) is 1.31. The SMILES string of the molecule is Cc1ccc(S(=O)(=O)N(C)Cc2cc3c(cc2Br)OCCO3)cc1. The van der Waals surface area contributed by atoms with Crippen LogP contribution in [-0.4, -0.2) is 33.0 Å². The molecule has 7 heteroatoms. The van der Waals surface area contributed by atoms with Crippen LogP contribution in [0.1, 0.15) is 11.1 Å². The van der Waals surface area contributed by atoms with E-state index >= 15 is 0 Å². The Hall–Kier alpha value is -1.57. The maximum absolute atomic E-state index is 12.7. The van der Waals surface area contributed by atoms with E-state index in [9.17, 15) is 8.42 Å². The van der Waals surface area contributed by atoms with E-state index in [1.807, 2.05) is 19.1 Å². The number of benzene rings is 2. The van der Waals surface area contributed by atoms with Crippen LogP contribution in [0.4, 0.5) is 0 Å². The van der Waals surface area contributed by atoms with Crippen LogP contribution >= 0.6 is 15.9 Å². The van der Waals surface area contributed by atoms with Crippen LogP contribution < -0.4 is 9.47 Å². The van der Waals surface area contributed by atoms with Crippen LogP contribution in [-0.2, 0) is 16.6 Å². The van der Waals surface area contributed by atoms with Crippen molar-refractivity contribution >= 4 is 26.0 Å². The molecule has 0 saturated carbocycles. The van der Waals surface area contributed by atoms with E-state index in [4.69, 9.17) is 9.47 Å². The summed E-state index contributed by atoms with van der Waals surface area (Å²) in [6, 6.07) is 10.5. The van der Waals surface area contributed by atoms with E-state index in [-0.39, 0.29) is 11.4 Å². The van der Waals surface area contributed by atoms with Crippen LogP contribution in [0.2, 0.25) is 0 Å². The number of fused-ring (bicyclic) bond motifs is 1. The first-order chi connectivity index (χ1) is 11.4. The molecule has 0 radical (unpaired) electrons. The Bertz CT molecular complexity index is 850. The fraction of sp³-hybridized carbons (Fsp3) is 0.294. The number of hydrogen-bond acceptors (Lipinski definition) is 4. The predicted molar refractivity (Wildman–Crippen MR) is 95.0 cm³/mol. The first kappa shape index (κ1) is 17.3. The molecule has 0 aromatic heterocycles. The number of sulfonamides is 1. The molecule has 0 atom stereocenters. The van der Waals surface area contributed by atoms with Crippen molar-refractivity contribution in [2.75, 3.05) is 20.3 Å². The highest BCUT2D eigenvalue weighted by atomic mass is 79.9. The van der Waals surface area contributed by atoms with E-state index in [1.165, 1.54) is 4.31 Å². The molecule has 5 nitrogen and oxygen atoms in total. The van der Waals surface area contributed by atoms with Crippen LogP contribution in [0.3, 0.4) is 0 Å². The quantitative estimate of drug-likeness (QED) is 0.773. The molecule has 1 aliphatic heterocycles. The summed E-state index contributed by atoms with van der Waals surface area (Å²) in [4.78, 5) is 0.282. The molecular formula is C17H18BrNO4S. The second kappa shape index (κ2) is 6.74. The third-order valence-electron chi connectivity index (χ3n) is 3.83. The average Bonchev–Trinajstić information content (AvgIpc) is 2.56. The van der Waals surface area contributed by atoms with E-state index in [1.54, 1.807) is 31.3 Å². The lowest BCUT2D eigenvalue weighted by Gasteiger charge is -2.22. The fourth-order valence-electron chi connectivity index (χ4n) is 2.44. The summed E-state index contributed by atoms with van der Waals surface area (Å²) in [7, 11) is -1.98. The number of ether oxygens (including phenoxy) is 2. The summed E-state index contributed by atoms with van der Waals surface area (Å²) in [5.41, 5.74) is 1.84. The molecule has 0 N–H and O–H groups in total. The second-order valence-corrected chi connectivity index (χ2v) is 8.56. The van der Waals surface area contributed by atoms with Gasteiger partial charge in [-0.1, -0.05) is 33.6 Å². The number of aryl methyl sites for hydroxylation is 1. The van der Waals surface area contributed by atoms with Gasteiger partial charge in [-0.2, -0.15) is 4.31 Å². The molecule has 2 aromatic rings. The lowest BCUT2D eigenvalue weighted by molar-refractivity contribution is 0.171. The molecule has 24 heavy (non-hydrogen) atoms. The van der Waals surface area contributed by atoms with Crippen LogP contribution in [0.25, 0.3) is 0 Å². The number of halogens is 1. The lowest BCUT2D eigenvalue weighted by Crippen LogP contribution is -2.26. The van der Waals surface area contributed by atoms with Gasteiger partial charge >= 0.3 is 0 Å². The average molecular weight is 412 g/mol. The Morgan fingerprint density at radius 2 is 1.67 bits per heavy atom. The molecule has 0 amide bonds. The Morgan fingerprint density at radius 3 is 2.29 bits per heavy atom. The van der Waals surface area contributed by atoms with Gasteiger partial charge in [0.25, 0.3) is 0 Å². The molecule has 1 heterocycles. The summed E-state index contributed by atoms with van der Waals surface area (Å²) in [5, 5.41) is 0. The Kier molecular flexibility index (Phi) is 4.85. The molecule has 1 aliphatic rings. The molecule has 0 aliphatic carbocycles. The standard InChI is InChI=1S/C17H18BrNO4S/c1-12-3-5-14(6-4-12)24(20,21)19(2)11-13-9-16-17(10-15(13)18)23-8-7-22-16/h3-6,9-10H,7-8,11H2,1-2H3. The van der Waals surface area contributed by atoms with Gasteiger partial charge in [0.2, 0.25) is 10.0 Å². The van der Waals surface area contributed by atoms with Gasteiger partial charge in [0.15, 0.2) is 11.5 Å². The predicted octanol–water partition coefficient (Wildman–Crippen LogP) is 3.35. The molecular weight excluding hydrogens is 394 g/mol. The van der Waals surface area contributed by atoms with Crippen molar-refractivity contribution in [3.05, 3.63) is 52.0 Å². The monoisotopic (exact) mass is 411 g/mol. The molecule has 0 unspecified atom stereocenters. The van der Waals surface area contributed by atoms with Crippen molar-refractivity contribution in [3.8, 4) is 11.5 Å². The Balaban J connectivity index is 1.86. The number of nitrogens with zero attached hydrogens (tertiary/aromatic N) is 1. The van der Waals surface area contributed by atoms with Gasteiger partial charge in [-0.15, -0.1) is 0 Å². The largest absolute Gasteiger partial charge is 0.486 e. The number of hydrogen-bond donors (Lipinski definition) is 0. The minimum absolute atomic E-state index is 0.230. The van der Waals surface area contributed by atoms with Crippen molar-refractivity contribution in [1.29, 1.82) is 0 Å². The normalized spacial score (nSPS) is 14.0. The first-order valence-electron chi connectivity index (χ1n) is 7.49. The molecule has 0 saturated heterocycles. The van der Waals surface area contributed by atoms with E-state index in [0.29, 0.717) is 24.7 Å². The van der Waals surface area contributed by atoms with Crippen molar-refractivity contribution < 1.29 is 17.9 Å². The minimum atomic E-state index is -3.55. The zero-order valence-corrected chi connectivity index (χ0v) is 15.9. The Labute approximate surface area is 150 Å². The third kappa shape index (κ3) is 3.43. The molecule has 2 aromatic carbocycles. The van der Waals surface area contributed by atoms with Gasteiger partial charge < -0.3 is 9.47 Å². The molecule has 0 fully saturated rings. The lowest BCUT2D eigenvalue weighted by atomic mass is 10.2. The summed E-state index contributed by atoms with van der Waals surface area (Å²) >= 11 is 3.48. The molecule has 128 valence electrons. The molecule has 3 rings (SSSR count). The molecule has 0 bridgehead atoms. The molecule has 0 spiro atoms. The first-order valence-corrected chi connectivity index (χ1v) is 9.72. The zero-order valence-electron chi connectivity index (χ0n) is 13.5. The van der Waals surface area contributed by atoms with Gasteiger partial charge in [0.1, 0.15) is 13.2 Å². The van der Waals surface area contributed by atoms with Crippen molar-refractivity contribution in [2.24, 2.45) is 0 Å². The van der Waals surface area contributed by atoms with Crippen molar-refractivity contribution in [1.82, 2.24) is 4.31 Å². The van der Waals surface area contributed by atoms with Crippen LogP contribution in [0, 0.1) is 6.92 Å². The van der Waals surface area contributed by atoms with E-state index in [0.717, 1.165) is 15.6 Å². The van der Waals surface area contributed by atoms with Gasteiger partial charge in [-0.25, -0.2) is 8.42 Å². The summed E-state index contributed by atoms with van der Waals surface area (Å²) in [6.45, 7) is 3.16. The summed E-state index contributed by atoms with van der Waals surface area (Å²) < 4.78 is 38.6. The Morgan fingerprint density at radius 1 is 1.08 bits per heavy atom. The van der Waals surface area contributed by atoms with Gasteiger partial charge in [-0.05, 0) is 36.8 Å². The fourth-order valence-corrected chi connectivity index (χ4v) is 4.04. The van der Waals surface area contributed by atoms with Gasteiger partial charge in [0, 0.05) is 18.1 Å². The highest BCUT2D eigenvalue weighted by Crippen LogP contribution is 2.36. The highest BCUT2D eigenvalue weighted by Gasteiger charge is 2.23.